The number of benzene rings is 2. The van der Waals surface area contributed by atoms with Gasteiger partial charge in [0.1, 0.15) is 0 Å². The molecule has 0 fully saturated rings. The summed E-state index contributed by atoms with van der Waals surface area (Å²) in [7, 11) is 0. The molecule has 0 atom stereocenters. The van der Waals surface area contributed by atoms with Crippen molar-refractivity contribution in [3.8, 4) is 16.9 Å². The molecule has 0 saturated carbocycles. The summed E-state index contributed by atoms with van der Waals surface area (Å²) in [4.78, 5) is 11.2. The van der Waals surface area contributed by atoms with Crippen molar-refractivity contribution in [2.75, 3.05) is 0 Å². The number of aromatic nitrogens is 2. The standard InChI is InChI=1S/C16H11ClN2O/c17-14-7-4-8-15(9-14)19-16(13(11-20)10-18-19)12-5-2-1-3-6-12/h1-11H. The highest BCUT2D eigenvalue weighted by Crippen LogP contribution is 2.26. The van der Waals surface area contributed by atoms with Gasteiger partial charge in [0, 0.05) is 10.6 Å². The third-order valence-electron chi connectivity index (χ3n) is 3.02. The SMILES string of the molecule is O=Cc1cnn(-c2cccc(Cl)c2)c1-c1ccccc1. The molecule has 3 rings (SSSR count). The van der Waals surface area contributed by atoms with Crippen molar-refractivity contribution in [1.29, 1.82) is 0 Å². The van der Waals surface area contributed by atoms with E-state index in [-0.39, 0.29) is 0 Å². The Hall–Kier alpha value is -2.39. The van der Waals surface area contributed by atoms with Crippen molar-refractivity contribution in [1.82, 2.24) is 9.78 Å². The maximum absolute atomic E-state index is 11.2. The average molecular weight is 283 g/mol. The first-order valence-electron chi connectivity index (χ1n) is 6.14. The zero-order valence-electron chi connectivity index (χ0n) is 10.5. The molecule has 3 aromatic rings. The lowest BCUT2D eigenvalue weighted by molar-refractivity contribution is 0.112. The molecule has 0 unspecified atom stereocenters. The molecule has 0 radical (unpaired) electrons. The molecule has 0 bridgehead atoms. The van der Waals surface area contributed by atoms with Crippen LogP contribution in [0.1, 0.15) is 10.4 Å². The Kier molecular flexibility index (Phi) is 3.35. The van der Waals surface area contributed by atoms with E-state index in [9.17, 15) is 4.79 Å². The monoisotopic (exact) mass is 282 g/mol. The van der Waals surface area contributed by atoms with E-state index in [0.717, 1.165) is 23.2 Å². The predicted molar refractivity (Wildman–Crippen MR) is 79.4 cm³/mol. The highest BCUT2D eigenvalue weighted by Gasteiger charge is 2.13. The number of carbonyl (C=O) groups excluding carboxylic acids is 1. The van der Waals surface area contributed by atoms with Gasteiger partial charge in [0.2, 0.25) is 0 Å². The quantitative estimate of drug-likeness (QED) is 0.681. The van der Waals surface area contributed by atoms with Crippen LogP contribution in [0.3, 0.4) is 0 Å². The van der Waals surface area contributed by atoms with Crippen LogP contribution in [0, 0.1) is 0 Å². The second-order valence-corrected chi connectivity index (χ2v) is 4.76. The van der Waals surface area contributed by atoms with Crippen molar-refractivity contribution in [3.05, 3.63) is 71.4 Å². The van der Waals surface area contributed by atoms with Crippen molar-refractivity contribution in [2.24, 2.45) is 0 Å². The van der Waals surface area contributed by atoms with Crippen molar-refractivity contribution < 1.29 is 4.79 Å². The smallest absolute Gasteiger partial charge is 0.153 e. The summed E-state index contributed by atoms with van der Waals surface area (Å²) in [6, 6.07) is 17.1. The molecular weight excluding hydrogens is 272 g/mol. The van der Waals surface area contributed by atoms with Crippen molar-refractivity contribution >= 4 is 17.9 Å². The molecule has 1 heterocycles. The Morgan fingerprint density at radius 2 is 1.85 bits per heavy atom. The lowest BCUT2D eigenvalue weighted by atomic mass is 10.1. The number of hydrogen-bond donors (Lipinski definition) is 0. The maximum Gasteiger partial charge on any atom is 0.153 e. The van der Waals surface area contributed by atoms with E-state index in [1.165, 1.54) is 0 Å². The zero-order valence-corrected chi connectivity index (χ0v) is 11.3. The van der Waals surface area contributed by atoms with Gasteiger partial charge in [0.25, 0.3) is 0 Å². The van der Waals surface area contributed by atoms with Crippen molar-refractivity contribution in [3.63, 3.8) is 0 Å². The van der Waals surface area contributed by atoms with Crippen LogP contribution < -0.4 is 0 Å². The molecule has 0 spiro atoms. The van der Waals surface area contributed by atoms with E-state index in [1.807, 2.05) is 48.5 Å². The van der Waals surface area contributed by atoms with E-state index in [4.69, 9.17) is 11.6 Å². The second kappa shape index (κ2) is 5.31. The molecule has 0 saturated heterocycles. The number of nitrogens with zero attached hydrogens (tertiary/aromatic N) is 2. The first-order chi connectivity index (χ1) is 9.79. The van der Waals surface area contributed by atoms with Gasteiger partial charge in [0.15, 0.2) is 6.29 Å². The van der Waals surface area contributed by atoms with Gasteiger partial charge < -0.3 is 0 Å². The average Bonchev–Trinajstić information content (AvgIpc) is 2.92. The molecule has 0 aliphatic rings. The Morgan fingerprint density at radius 1 is 1.05 bits per heavy atom. The zero-order chi connectivity index (χ0) is 13.9. The topological polar surface area (TPSA) is 34.9 Å². The van der Waals surface area contributed by atoms with Gasteiger partial charge in [-0.3, -0.25) is 4.79 Å². The fourth-order valence-corrected chi connectivity index (χ4v) is 2.32. The van der Waals surface area contributed by atoms with Crippen LogP contribution in [0.25, 0.3) is 16.9 Å². The summed E-state index contributed by atoms with van der Waals surface area (Å²) in [5, 5.41) is 4.93. The van der Waals surface area contributed by atoms with Gasteiger partial charge in [0.05, 0.1) is 23.1 Å². The predicted octanol–water partition coefficient (Wildman–Crippen LogP) is 4.01. The highest BCUT2D eigenvalue weighted by atomic mass is 35.5. The molecule has 98 valence electrons. The number of carbonyl (C=O) groups is 1. The summed E-state index contributed by atoms with van der Waals surface area (Å²) in [6.07, 6.45) is 2.38. The fraction of sp³-hybridized carbons (Fsp3) is 0. The molecule has 1 aromatic heterocycles. The van der Waals surface area contributed by atoms with Crippen LogP contribution in [0.2, 0.25) is 5.02 Å². The van der Waals surface area contributed by atoms with E-state index in [1.54, 1.807) is 16.9 Å². The lowest BCUT2D eigenvalue weighted by Gasteiger charge is -2.08. The van der Waals surface area contributed by atoms with E-state index in [0.29, 0.717) is 10.6 Å². The van der Waals surface area contributed by atoms with E-state index >= 15 is 0 Å². The lowest BCUT2D eigenvalue weighted by Crippen LogP contribution is -1.99. The first kappa shape index (κ1) is 12.6. The number of aldehydes is 1. The molecule has 4 heteroatoms. The molecule has 20 heavy (non-hydrogen) atoms. The van der Waals surface area contributed by atoms with Crippen molar-refractivity contribution in [2.45, 2.75) is 0 Å². The number of hydrogen-bond acceptors (Lipinski definition) is 2. The maximum atomic E-state index is 11.2. The molecule has 0 N–H and O–H groups in total. The second-order valence-electron chi connectivity index (χ2n) is 4.32. The summed E-state index contributed by atoms with van der Waals surface area (Å²) in [5.41, 5.74) is 3.08. The minimum absolute atomic E-state index is 0.552. The number of halogens is 1. The van der Waals surface area contributed by atoms with Crippen LogP contribution in [-0.2, 0) is 0 Å². The Morgan fingerprint density at radius 3 is 2.55 bits per heavy atom. The molecule has 0 aliphatic heterocycles. The third-order valence-corrected chi connectivity index (χ3v) is 3.26. The summed E-state index contributed by atoms with van der Waals surface area (Å²) < 4.78 is 1.73. The molecule has 0 amide bonds. The Balaban J connectivity index is 2.23. The van der Waals surface area contributed by atoms with E-state index < -0.39 is 0 Å². The minimum Gasteiger partial charge on any atom is -0.298 e. The molecule has 3 nitrogen and oxygen atoms in total. The largest absolute Gasteiger partial charge is 0.298 e. The third kappa shape index (κ3) is 2.24. The molecular formula is C16H11ClN2O. The fourth-order valence-electron chi connectivity index (χ4n) is 2.14. The van der Waals surface area contributed by atoms with E-state index in [2.05, 4.69) is 5.10 Å². The summed E-state index contributed by atoms with van der Waals surface area (Å²) in [5.74, 6) is 0. The van der Waals surface area contributed by atoms with Gasteiger partial charge in [-0.25, -0.2) is 4.68 Å². The number of rotatable bonds is 3. The van der Waals surface area contributed by atoms with Crippen LogP contribution in [0.4, 0.5) is 0 Å². The molecule has 2 aromatic carbocycles. The van der Waals surface area contributed by atoms with Gasteiger partial charge in [-0.2, -0.15) is 5.10 Å². The van der Waals surface area contributed by atoms with Crippen LogP contribution in [0.15, 0.2) is 60.8 Å². The van der Waals surface area contributed by atoms with Gasteiger partial charge in [-0.1, -0.05) is 48.0 Å². The summed E-state index contributed by atoms with van der Waals surface area (Å²) in [6.45, 7) is 0. The normalized spacial score (nSPS) is 10.4. The van der Waals surface area contributed by atoms with Gasteiger partial charge in [-0.05, 0) is 18.2 Å². The molecule has 0 aliphatic carbocycles. The van der Waals surface area contributed by atoms with Crippen LogP contribution in [-0.4, -0.2) is 16.1 Å². The van der Waals surface area contributed by atoms with Gasteiger partial charge in [-0.15, -0.1) is 0 Å². The summed E-state index contributed by atoms with van der Waals surface area (Å²) >= 11 is 6.02. The first-order valence-corrected chi connectivity index (χ1v) is 6.52. The van der Waals surface area contributed by atoms with Crippen LogP contribution >= 0.6 is 11.6 Å². The Labute approximate surface area is 121 Å². The van der Waals surface area contributed by atoms with Crippen LogP contribution in [0.5, 0.6) is 0 Å². The minimum atomic E-state index is 0.552. The highest BCUT2D eigenvalue weighted by molar-refractivity contribution is 6.30. The Bertz CT molecular complexity index is 750. The van der Waals surface area contributed by atoms with Gasteiger partial charge >= 0.3 is 0 Å².